The molecule has 0 N–H and O–H groups in total. The first-order valence-corrected chi connectivity index (χ1v) is 12.9. The molecule has 2 amide bonds. The molecule has 0 aromatic heterocycles. The summed E-state index contributed by atoms with van der Waals surface area (Å²) in [6.07, 6.45) is -4.24. The number of benzene rings is 1. The van der Waals surface area contributed by atoms with E-state index in [9.17, 15) is 14.4 Å². The van der Waals surface area contributed by atoms with Crippen LogP contribution >= 0.6 is 0 Å². The van der Waals surface area contributed by atoms with Crippen LogP contribution in [-0.4, -0.2) is 78.4 Å². The Labute approximate surface area is 225 Å². The van der Waals surface area contributed by atoms with Crippen LogP contribution in [0.15, 0.2) is 30.3 Å². The number of cyclic esters (lactones) is 1. The summed E-state index contributed by atoms with van der Waals surface area (Å²) in [4.78, 5) is 40.3. The normalized spacial score (nSPS) is 22.9. The van der Waals surface area contributed by atoms with Crippen molar-refractivity contribution in [2.24, 2.45) is 5.92 Å². The zero-order chi connectivity index (χ0) is 28.7. The fourth-order valence-electron chi connectivity index (χ4n) is 3.51. The standard InChI is InChI=1S/C28H43NO9/c1-18(2)15-34-22-17-33-16-21(24(30)35-19(3)23(22)36-20-13-11-10-12-14-20)29(25(31)37-27(4,5)6)26(32)38-28(7,8)9/h10-14,18-19,21-23H,15-17H2,1-9H3/t19-,21-,22-,23-/m0/s1. The van der Waals surface area contributed by atoms with Gasteiger partial charge in [0.1, 0.15) is 29.2 Å². The Hall–Kier alpha value is -2.85. The number of hydrogen-bond acceptors (Lipinski definition) is 9. The Morgan fingerprint density at radius 1 is 0.974 bits per heavy atom. The molecule has 10 nitrogen and oxygen atoms in total. The van der Waals surface area contributed by atoms with Crippen molar-refractivity contribution in [3.63, 3.8) is 0 Å². The summed E-state index contributed by atoms with van der Waals surface area (Å²) >= 11 is 0. The minimum absolute atomic E-state index is 0.0260. The van der Waals surface area contributed by atoms with Crippen LogP contribution in [0.1, 0.15) is 62.3 Å². The van der Waals surface area contributed by atoms with Gasteiger partial charge < -0.3 is 28.4 Å². The average Bonchev–Trinajstić information content (AvgIpc) is 2.81. The van der Waals surface area contributed by atoms with E-state index in [2.05, 4.69) is 0 Å². The van der Waals surface area contributed by atoms with Gasteiger partial charge in [0, 0.05) is 6.61 Å². The van der Waals surface area contributed by atoms with E-state index in [-0.39, 0.29) is 19.1 Å². The van der Waals surface area contributed by atoms with Crippen molar-refractivity contribution >= 4 is 18.2 Å². The van der Waals surface area contributed by atoms with Gasteiger partial charge in [0.2, 0.25) is 0 Å². The maximum Gasteiger partial charge on any atom is 0.420 e. The maximum atomic E-state index is 13.4. The molecule has 0 radical (unpaired) electrons. The lowest BCUT2D eigenvalue weighted by atomic mass is 10.1. The molecule has 38 heavy (non-hydrogen) atoms. The minimum atomic E-state index is -1.46. The van der Waals surface area contributed by atoms with Gasteiger partial charge in [0.15, 0.2) is 12.1 Å². The van der Waals surface area contributed by atoms with E-state index < -0.39 is 53.7 Å². The molecule has 0 unspecified atom stereocenters. The highest BCUT2D eigenvalue weighted by atomic mass is 16.6. The van der Waals surface area contributed by atoms with Gasteiger partial charge in [-0.25, -0.2) is 14.4 Å². The van der Waals surface area contributed by atoms with E-state index in [1.807, 2.05) is 32.0 Å². The lowest BCUT2D eigenvalue weighted by molar-refractivity contribution is -0.162. The van der Waals surface area contributed by atoms with Crippen molar-refractivity contribution in [3.05, 3.63) is 30.3 Å². The van der Waals surface area contributed by atoms with E-state index in [1.165, 1.54) is 0 Å². The molecule has 4 atom stereocenters. The topological polar surface area (TPSA) is 110 Å². The van der Waals surface area contributed by atoms with Crippen LogP contribution in [0.3, 0.4) is 0 Å². The van der Waals surface area contributed by atoms with Crippen molar-refractivity contribution in [3.8, 4) is 5.75 Å². The van der Waals surface area contributed by atoms with E-state index in [0.29, 0.717) is 17.3 Å². The molecule has 1 aromatic rings. The van der Waals surface area contributed by atoms with Gasteiger partial charge in [-0.2, -0.15) is 4.90 Å². The summed E-state index contributed by atoms with van der Waals surface area (Å²) in [5.74, 6) is -0.0562. The molecule has 1 aromatic carbocycles. The molecule has 0 saturated carbocycles. The van der Waals surface area contributed by atoms with Gasteiger partial charge in [-0.15, -0.1) is 0 Å². The van der Waals surface area contributed by atoms with Crippen LogP contribution in [-0.2, 0) is 28.5 Å². The molecule has 10 heteroatoms. The highest BCUT2D eigenvalue weighted by Gasteiger charge is 2.44. The molecular formula is C28H43NO9. The molecule has 0 bridgehead atoms. The van der Waals surface area contributed by atoms with Gasteiger partial charge >= 0.3 is 18.2 Å². The van der Waals surface area contributed by atoms with Gasteiger partial charge in [-0.1, -0.05) is 32.0 Å². The molecule has 1 aliphatic rings. The number of hydrogen-bond donors (Lipinski definition) is 0. The summed E-state index contributed by atoms with van der Waals surface area (Å²) in [7, 11) is 0. The van der Waals surface area contributed by atoms with Crippen LogP contribution in [0.2, 0.25) is 0 Å². The molecule has 1 heterocycles. The summed E-state index contributed by atoms with van der Waals surface area (Å²) in [5.41, 5.74) is -1.86. The second kappa shape index (κ2) is 13.3. The predicted octanol–water partition coefficient (Wildman–Crippen LogP) is 4.98. The Kier molecular flexibility index (Phi) is 11.0. The molecule has 1 aliphatic heterocycles. The average molecular weight is 538 g/mol. The molecule has 1 fully saturated rings. The number of imide groups is 1. The second-order valence-corrected chi connectivity index (χ2v) is 11.7. The first-order chi connectivity index (χ1) is 17.6. The Morgan fingerprint density at radius 3 is 2.03 bits per heavy atom. The first-order valence-electron chi connectivity index (χ1n) is 12.9. The third-order valence-electron chi connectivity index (χ3n) is 5.11. The molecule has 0 aliphatic carbocycles. The van der Waals surface area contributed by atoms with E-state index in [0.717, 1.165) is 0 Å². The second-order valence-electron chi connectivity index (χ2n) is 11.7. The summed E-state index contributed by atoms with van der Waals surface area (Å²) < 4.78 is 34.8. The SMILES string of the molecule is CC(C)CO[C@H]1COC[C@H](N(C(=O)OC(C)(C)C)C(=O)OC(C)(C)C)C(=O)O[C@@H](C)[C@@H]1Oc1ccccc1. The van der Waals surface area contributed by atoms with Crippen LogP contribution in [0.4, 0.5) is 9.59 Å². The lowest BCUT2D eigenvalue weighted by Crippen LogP contribution is -2.54. The number of ether oxygens (including phenoxy) is 6. The van der Waals surface area contributed by atoms with Crippen LogP contribution in [0, 0.1) is 5.92 Å². The number of carbonyl (C=O) groups is 3. The van der Waals surface area contributed by atoms with Crippen LogP contribution < -0.4 is 4.74 Å². The number of rotatable bonds is 6. The smallest absolute Gasteiger partial charge is 0.420 e. The number of esters is 1. The number of amides is 2. The Balaban J connectivity index is 2.40. The fourth-order valence-corrected chi connectivity index (χ4v) is 3.51. The summed E-state index contributed by atoms with van der Waals surface area (Å²) in [6.45, 7) is 15.7. The first kappa shape index (κ1) is 31.4. The largest absolute Gasteiger partial charge is 0.484 e. The van der Waals surface area contributed by atoms with E-state index in [1.54, 1.807) is 60.6 Å². The highest BCUT2D eigenvalue weighted by molar-refractivity contribution is 5.94. The lowest BCUT2D eigenvalue weighted by Gasteiger charge is -2.33. The van der Waals surface area contributed by atoms with Gasteiger partial charge in [-0.3, -0.25) is 0 Å². The molecule has 214 valence electrons. The van der Waals surface area contributed by atoms with E-state index in [4.69, 9.17) is 28.4 Å². The number of nitrogens with zero attached hydrogens (tertiary/aromatic N) is 1. The van der Waals surface area contributed by atoms with Crippen molar-refractivity contribution in [2.45, 2.75) is 97.9 Å². The zero-order valence-corrected chi connectivity index (χ0v) is 24.0. The monoisotopic (exact) mass is 537 g/mol. The fraction of sp³-hybridized carbons (Fsp3) is 0.679. The van der Waals surface area contributed by atoms with Crippen LogP contribution in [0.25, 0.3) is 0 Å². The molecular weight excluding hydrogens is 494 g/mol. The van der Waals surface area contributed by atoms with Crippen molar-refractivity contribution in [1.29, 1.82) is 0 Å². The van der Waals surface area contributed by atoms with E-state index >= 15 is 0 Å². The van der Waals surface area contributed by atoms with Gasteiger partial charge in [0.05, 0.1) is 13.2 Å². The number of carbonyl (C=O) groups excluding carboxylic acids is 3. The molecule has 2 rings (SSSR count). The van der Waals surface area contributed by atoms with Gasteiger partial charge in [-0.05, 0) is 66.5 Å². The molecule has 0 spiro atoms. The maximum absolute atomic E-state index is 13.4. The highest BCUT2D eigenvalue weighted by Crippen LogP contribution is 2.24. The third-order valence-corrected chi connectivity index (χ3v) is 5.11. The summed E-state index contributed by atoms with van der Waals surface area (Å²) in [6, 6.07) is 7.65. The molecule has 1 saturated heterocycles. The predicted molar refractivity (Wildman–Crippen MR) is 140 cm³/mol. The van der Waals surface area contributed by atoms with Gasteiger partial charge in [0.25, 0.3) is 0 Å². The summed E-state index contributed by atoms with van der Waals surface area (Å²) in [5, 5.41) is 0. The quantitative estimate of drug-likeness (QED) is 0.367. The van der Waals surface area contributed by atoms with Crippen molar-refractivity contribution in [1.82, 2.24) is 4.90 Å². The number of para-hydroxylation sites is 1. The van der Waals surface area contributed by atoms with Crippen LogP contribution in [0.5, 0.6) is 5.75 Å². The van der Waals surface area contributed by atoms with Crippen molar-refractivity contribution in [2.75, 3.05) is 19.8 Å². The van der Waals surface area contributed by atoms with Crippen molar-refractivity contribution < 1.29 is 42.8 Å². The Bertz CT molecular complexity index is 892. The third kappa shape index (κ3) is 10.1. The zero-order valence-electron chi connectivity index (χ0n) is 24.0. The Morgan fingerprint density at radius 2 is 1.53 bits per heavy atom. The minimum Gasteiger partial charge on any atom is -0.484 e.